The van der Waals surface area contributed by atoms with Gasteiger partial charge in [0, 0.05) is 34.2 Å². The molecule has 0 saturated carbocycles. The number of benzene rings is 2. The standard InChI is InChI=1S/2C8H7NO3S.2K/c2*10-13(11,12)7-1-2-8-6(5-7)3-4-9-8;;/h2*1-5,9H,(H,10,11,12);;/q;;2*+1/p-2. The average Bonchev–Trinajstić information content (AvgIpc) is 3.21. The first-order valence-corrected chi connectivity index (χ1v) is 10.0. The first-order chi connectivity index (χ1) is 12.1. The van der Waals surface area contributed by atoms with Crippen molar-refractivity contribution in [1.29, 1.82) is 0 Å². The third-order valence-electron chi connectivity index (χ3n) is 3.63. The van der Waals surface area contributed by atoms with Crippen LogP contribution in [0.1, 0.15) is 0 Å². The maximum absolute atomic E-state index is 10.6. The third kappa shape index (κ3) is 6.82. The zero-order chi connectivity index (χ0) is 18.9. The van der Waals surface area contributed by atoms with Crippen molar-refractivity contribution in [2.24, 2.45) is 0 Å². The van der Waals surface area contributed by atoms with Gasteiger partial charge in [-0.2, -0.15) is 0 Å². The Kier molecular flexibility index (Phi) is 10.2. The molecule has 2 heterocycles. The van der Waals surface area contributed by atoms with Gasteiger partial charge in [0.2, 0.25) is 0 Å². The summed E-state index contributed by atoms with van der Waals surface area (Å²) >= 11 is 0. The Morgan fingerprint density at radius 3 is 1.29 bits per heavy atom. The van der Waals surface area contributed by atoms with Crippen LogP contribution in [-0.4, -0.2) is 35.9 Å². The van der Waals surface area contributed by atoms with Gasteiger partial charge in [0.25, 0.3) is 0 Å². The van der Waals surface area contributed by atoms with Crippen LogP contribution in [0.3, 0.4) is 0 Å². The fraction of sp³-hybridized carbons (Fsp3) is 0. The van der Waals surface area contributed by atoms with E-state index < -0.39 is 20.2 Å². The molecule has 0 atom stereocenters. The van der Waals surface area contributed by atoms with E-state index in [1.165, 1.54) is 24.3 Å². The molecule has 0 spiro atoms. The van der Waals surface area contributed by atoms with E-state index in [0.717, 1.165) is 21.8 Å². The summed E-state index contributed by atoms with van der Waals surface area (Å²) in [5, 5.41) is 1.44. The summed E-state index contributed by atoms with van der Waals surface area (Å²) in [6.45, 7) is 0. The summed E-state index contributed by atoms with van der Waals surface area (Å²) in [6.07, 6.45) is 3.37. The molecule has 28 heavy (non-hydrogen) atoms. The zero-order valence-corrected chi connectivity index (χ0v) is 22.9. The van der Waals surface area contributed by atoms with Gasteiger partial charge in [-0.25, -0.2) is 16.8 Å². The Bertz CT molecular complexity index is 1190. The van der Waals surface area contributed by atoms with Crippen molar-refractivity contribution in [3.05, 3.63) is 60.9 Å². The van der Waals surface area contributed by atoms with Crippen LogP contribution in [0.15, 0.2) is 70.7 Å². The Balaban J connectivity index is 0.000000261. The van der Waals surface area contributed by atoms with Crippen LogP contribution in [0.2, 0.25) is 0 Å². The summed E-state index contributed by atoms with van der Waals surface area (Å²) in [4.78, 5) is 5.41. The molecule has 0 unspecified atom stereocenters. The Morgan fingerprint density at radius 2 is 0.964 bits per heavy atom. The normalized spacial score (nSPS) is 11.2. The Morgan fingerprint density at radius 1 is 0.607 bits per heavy atom. The van der Waals surface area contributed by atoms with Crippen molar-refractivity contribution in [3.8, 4) is 0 Å². The molecule has 0 amide bonds. The molecule has 136 valence electrons. The van der Waals surface area contributed by atoms with Crippen molar-refractivity contribution in [2.45, 2.75) is 9.79 Å². The number of hydrogen-bond acceptors (Lipinski definition) is 6. The van der Waals surface area contributed by atoms with Crippen molar-refractivity contribution >= 4 is 42.0 Å². The molecule has 12 heteroatoms. The summed E-state index contributed by atoms with van der Waals surface area (Å²) in [5.41, 5.74) is 1.62. The summed E-state index contributed by atoms with van der Waals surface area (Å²) in [6, 6.07) is 11.9. The monoisotopic (exact) mass is 470 g/mol. The second kappa shape index (κ2) is 10.8. The second-order valence-electron chi connectivity index (χ2n) is 5.36. The molecule has 0 aliphatic heterocycles. The van der Waals surface area contributed by atoms with Gasteiger partial charge in [-0.15, -0.1) is 0 Å². The van der Waals surface area contributed by atoms with Crippen LogP contribution in [-0.2, 0) is 20.2 Å². The van der Waals surface area contributed by atoms with Crippen molar-refractivity contribution in [2.75, 3.05) is 0 Å². The van der Waals surface area contributed by atoms with E-state index in [1.807, 2.05) is 0 Å². The molecule has 0 aliphatic carbocycles. The minimum absolute atomic E-state index is 0. The zero-order valence-electron chi connectivity index (χ0n) is 15.0. The van der Waals surface area contributed by atoms with Crippen molar-refractivity contribution in [1.82, 2.24) is 9.97 Å². The van der Waals surface area contributed by atoms with Crippen LogP contribution < -0.4 is 103 Å². The smallest absolute Gasteiger partial charge is 0.744 e. The first kappa shape index (κ1) is 26.6. The fourth-order valence-electron chi connectivity index (χ4n) is 2.37. The SMILES string of the molecule is O=S(=O)([O-])c1ccc2[nH]ccc2c1.O=S(=O)([O-])c1ccc2[nH]ccc2c1.[K+].[K+]. The average molecular weight is 471 g/mol. The molecule has 8 nitrogen and oxygen atoms in total. The Hall–Kier alpha value is 0.613. The number of nitrogens with one attached hydrogen (secondary N) is 2. The predicted octanol–water partition coefficient (Wildman–Crippen LogP) is -3.85. The van der Waals surface area contributed by atoms with E-state index in [9.17, 15) is 25.9 Å². The van der Waals surface area contributed by atoms with E-state index in [2.05, 4.69) is 9.97 Å². The first-order valence-electron chi connectivity index (χ1n) is 7.21. The van der Waals surface area contributed by atoms with Gasteiger partial charge in [-0.3, -0.25) is 0 Å². The van der Waals surface area contributed by atoms with E-state index in [4.69, 9.17) is 0 Å². The molecule has 0 aliphatic rings. The van der Waals surface area contributed by atoms with Gasteiger partial charge in [0.15, 0.2) is 0 Å². The van der Waals surface area contributed by atoms with Crippen LogP contribution in [0.5, 0.6) is 0 Å². The quantitative estimate of drug-likeness (QED) is 0.227. The molecular formula is C16H12K2N2O6S2. The number of fused-ring (bicyclic) bond motifs is 2. The van der Waals surface area contributed by atoms with Crippen molar-refractivity contribution < 1.29 is 129 Å². The Labute approximate surface area is 246 Å². The number of aromatic nitrogens is 2. The molecule has 0 bridgehead atoms. The molecule has 0 saturated heterocycles. The molecule has 0 fully saturated rings. The number of rotatable bonds is 2. The van der Waals surface area contributed by atoms with Crippen molar-refractivity contribution in [3.63, 3.8) is 0 Å². The molecule has 4 aromatic rings. The van der Waals surface area contributed by atoms with E-state index in [-0.39, 0.29) is 113 Å². The number of aromatic amines is 2. The molecule has 2 aromatic heterocycles. The molecule has 0 radical (unpaired) electrons. The molecular weight excluding hydrogens is 459 g/mol. The molecule has 4 rings (SSSR count). The van der Waals surface area contributed by atoms with E-state index >= 15 is 0 Å². The summed E-state index contributed by atoms with van der Waals surface area (Å²) in [5.74, 6) is 0. The fourth-order valence-corrected chi connectivity index (χ4v) is 3.39. The van der Waals surface area contributed by atoms with E-state index in [0.29, 0.717) is 0 Å². The topological polar surface area (TPSA) is 146 Å². The molecule has 2 N–H and O–H groups in total. The third-order valence-corrected chi connectivity index (χ3v) is 5.29. The maximum Gasteiger partial charge on any atom is 1.00 e. The van der Waals surface area contributed by atoms with Crippen LogP contribution in [0, 0.1) is 0 Å². The van der Waals surface area contributed by atoms with Gasteiger partial charge < -0.3 is 19.1 Å². The van der Waals surface area contributed by atoms with Gasteiger partial charge in [0.1, 0.15) is 20.2 Å². The second-order valence-corrected chi connectivity index (χ2v) is 8.12. The minimum atomic E-state index is -4.34. The van der Waals surface area contributed by atoms with Crippen LogP contribution >= 0.6 is 0 Å². The van der Waals surface area contributed by atoms with Gasteiger partial charge >= 0.3 is 103 Å². The largest absolute Gasteiger partial charge is 1.00 e. The van der Waals surface area contributed by atoms with Gasteiger partial charge in [-0.1, -0.05) is 0 Å². The maximum atomic E-state index is 10.6. The van der Waals surface area contributed by atoms with Crippen LogP contribution in [0.25, 0.3) is 21.8 Å². The van der Waals surface area contributed by atoms with Gasteiger partial charge in [0.05, 0.1) is 9.79 Å². The summed E-state index contributed by atoms with van der Waals surface area (Å²) in [7, 11) is -8.67. The minimum Gasteiger partial charge on any atom is -0.744 e. The van der Waals surface area contributed by atoms with E-state index in [1.54, 1.807) is 36.7 Å². The molecule has 2 aromatic carbocycles. The van der Waals surface area contributed by atoms with Crippen LogP contribution in [0.4, 0.5) is 0 Å². The van der Waals surface area contributed by atoms with Gasteiger partial charge in [-0.05, 0) is 48.5 Å². The predicted molar refractivity (Wildman–Crippen MR) is 92.5 cm³/mol. The number of H-pyrrole nitrogens is 2. The summed E-state index contributed by atoms with van der Waals surface area (Å²) < 4.78 is 63.8. The number of hydrogen-bond donors (Lipinski definition) is 2.